The molecule has 66 valence electrons. The second kappa shape index (κ2) is 2.55. The first-order chi connectivity index (χ1) is 6.20. The smallest absolute Gasteiger partial charge is 0.241 e. The van der Waals surface area contributed by atoms with Crippen LogP contribution in [0.1, 0.15) is 0 Å². The van der Waals surface area contributed by atoms with Gasteiger partial charge in [0.1, 0.15) is 11.2 Å². The van der Waals surface area contributed by atoms with Gasteiger partial charge in [0.25, 0.3) is 0 Å². The number of hydrogen-bond donors (Lipinski definition) is 0. The van der Waals surface area contributed by atoms with Gasteiger partial charge in [0.15, 0.2) is 0 Å². The summed E-state index contributed by atoms with van der Waals surface area (Å²) >= 11 is 0. The summed E-state index contributed by atoms with van der Waals surface area (Å²) in [7, 11) is 0. The predicted molar refractivity (Wildman–Crippen MR) is 41.0 cm³/mol. The van der Waals surface area contributed by atoms with Gasteiger partial charge in [-0.1, -0.05) is 6.07 Å². The molecule has 4 nitrogen and oxygen atoms in total. The maximum atomic E-state index is 13.0. The summed E-state index contributed by atoms with van der Waals surface area (Å²) in [6.45, 7) is 0. The summed E-state index contributed by atoms with van der Waals surface area (Å²) < 4.78 is 21.0. The van der Waals surface area contributed by atoms with Gasteiger partial charge in [-0.25, -0.2) is 23.1 Å². The zero-order valence-electron chi connectivity index (χ0n) is 6.24. The average molecular weight is 182 g/mol. The van der Waals surface area contributed by atoms with E-state index in [2.05, 4.69) is 9.15 Å². The van der Waals surface area contributed by atoms with Crippen LogP contribution >= 0.6 is 0 Å². The average Bonchev–Trinajstić information content (AvgIpc) is 2.12. The Morgan fingerprint density at radius 2 is 1.77 bits per heavy atom. The van der Waals surface area contributed by atoms with Crippen LogP contribution < -0.4 is 11.3 Å². The Bertz CT molecular complexity index is 566. The lowest BCUT2D eigenvalue weighted by atomic mass is 10.2. The Morgan fingerprint density at radius 1 is 1.08 bits per heavy atom. The maximum absolute atomic E-state index is 13.0. The van der Waals surface area contributed by atoms with Gasteiger partial charge in [0.05, 0.1) is 5.39 Å². The van der Waals surface area contributed by atoms with E-state index >= 15 is 0 Å². The molecule has 0 aliphatic heterocycles. The largest absolute Gasteiger partial charge is 0.390 e. The molecule has 0 fully saturated rings. The SMILES string of the molecule is O=c1ooc(=O)c2c(F)cccc12. The molecule has 1 heterocycles. The first kappa shape index (κ1) is 7.72. The van der Waals surface area contributed by atoms with Crippen LogP contribution in [0.3, 0.4) is 0 Å². The van der Waals surface area contributed by atoms with Crippen molar-refractivity contribution in [3.8, 4) is 0 Å². The minimum absolute atomic E-state index is 0.115. The van der Waals surface area contributed by atoms with Gasteiger partial charge >= 0.3 is 11.3 Å². The third-order valence-electron chi connectivity index (χ3n) is 1.63. The number of benzene rings is 1. The summed E-state index contributed by atoms with van der Waals surface area (Å²) in [6.07, 6.45) is 0. The molecule has 0 radical (unpaired) electrons. The first-order valence-corrected chi connectivity index (χ1v) is 3.42. The standard InChI is InChI=1S/C8H3FO4/c9-5-3-1-2-4-6(5)8(11)13-12-7(4)10/h1-3H. The third-order valence-corrected chi connectivity index (χ3v) is 1.63. The Labute approximate surface area is 70.1 Å². The van der Waals surface area contributed by atoms with Crippen molar-refractivity contribution in [3.63, 3.8) is 0 Å². The van der Waals surface area contributed by atoms with E-state index in [0.717, 1.165) is 6.07 Å². The lowest BCUT2D eigenvalue weighted by Gasteiger charge is -1.92. The van der Waals surface area contributed by atoms with Crippen LogP contribution in [0, 0.1) is 5.82 Å². The van der Waals surface area contributed by atoms with Gasteiger partial charge < -0.3 is 0 Å². The minimum atomic E-state index is -0.993. The number of rotatable bonds is 0. The van der Waals surface area contributed by atoms with Crippen molar-refractivity contribution in [3.05, 3.63) is 44.9 Å². The van der Waals surface area contributed by atoms with Gasteiger partial charge in [0.2, 0.25) is 0 Å². The normalized spacial score (nSPS) is 10.5. The topological polar surface area (TPSA) is 60.4 Å². The molecule has 2 rings (SSSR count). The molecule has 0 aliphatic carbocycles. The summed E-state index contributed by atoms with van der Waals surface area (Å²) in [5.74, 6) is -0.792. The quantitative estimate of drug-likeness (QED) is 0.567. The fourth-order valence-corrected chi connectivity index (χ4v) is 1.06. The van der Waals surface area contributed by atoms with Crippen LogP contribution in [0.15, 0.2) is 36.9 Å². The number of fused-ring (bicyclic) bond motifs is 1. The van der Waals surface area contributed by atoms with Gasteiger partial charge in [0, 0.05) is 0 Å². The molecule has 0 N–H and O–H groups in total. The van der Waals surface area contributed by atoms with Crippen molar-refractivity contribution < 1.29 is 13.5 Å². The van der Waals surface area contributed by atoms with Crippen LogP contribution in [0.5, 0.6) is 0 Å². The highest BCUT2D eigenvalue weighted by molar-refractivity contribution is 5.80. The fraction of sp³-hybridized carbons (Fsp3) is 0. The van der Waals surface area contributed by atoms with E-state index in [4.69, 9.17) is 0 Å². The highest BCUT2D eigenvalue weighted by Crippen LogP contribution is 2.08. The van der Waals surface area contributed by atoms with Crippen molar-refractivity contribution in [2.24, 2.45) is 0 Å². The monoisotopic (exact) mass is 182 g/mol. The van der Waals surface area contributed by atoms with E-state index in [9.17, 15) is 14.0 Å². The molecule has 0 saturated carbocycles. The number of hydrogen-bond acceptors (Lipinski definition) is 4. The highest BCUT2D eigenvalue weighted by atomic mass is 19.1. The molecule has 0 bridgehead atoms. The van der Waals surface area contributed by atoms with E-state index < -0.39 is 17.1 Å². The molecule has 0 spiro atoms. The summed E-state index contributed by atoms with van der Waals surface area (Å²) in [6, 6.07) is 3.67. The number of halogens is 1. The van der Waals surface area contributed by atoms with E-state index in [1.54, 1.807) is 0 Å². The molecule has 0 aliphatic rings. The summed E-state index contributed by atoms with van der Waals surface area (Å²) in [5.41, 5.74) is -1.86. The van der Waals surface area contributed by atoms with Crippen molar-refractivity contribution in [2.75, 3.05) is 0 Å². The molecular formula is C8H3FO4. The van der Waals surface area contributed by atoms with Crippen molar-refractivity contribution in [1.29, 1.82) is 0 Å². The lowest BCUT2D eigenvalue weighted by molar-refractivity contribution is 0.0214. The minimum Gasteiger partial charge on any atom is -0.241 e. The van der Waals surface area contributed by atoms with Crippen LogP contribution in [-0.4, -0.2) is 0 Å². The van der Waals surface area contributed by atoms with E-state index in [0.29, 0.717) is 0 Å². The van der Waals surface area contributed by atoms with Crippen LogP contribution in [0.25, 0.3) is 10.8 Å². The molecule has 1 aromatic heterocycles. The van der Waals surface area contributed by atoms with Crippen molar-refractivity contribution >= 4 is 10.8 Å². The molecule has 13 heavy (non-hydrogen) atoms. The van der Waals surface area contributed by atoms with Crippen LogP contribution in [-0.2, 0) is 0 Å². The molecule has 0 atom stereocenters. The molecule has 0 saturated heterocycles. The molecule has 0 unspecified atom stereocenters. The molecule has 5 heteroatoms. The van der Waals surface area contributed by atoms with E-state index in [-0.39, 0.29) is 10.8 Å². The molecule has 1 aromatic carbocycles. The highest BCUT2D eigenvalue weighted by Gasteiger charge is 2.10. The maximum Gasteiger partial charge on any atom is 0.390 e. The molecular weight excluding hydrogens is 179 g/mol. The van der Waals surface area contributed by atoms with Gasteiger partial charge in [-0.05, 0) is 12.1 Å². The van der Waals surface area contributed by atoms with Gasteiger partial charge in [-0.15, -0.1) is 0 Å². The lowest BCUT2D eigenvalue weighted by Crippen LogP contribution is -2.10. The third kappa shape index (κ3) is 1.05. The Hall–Kier alpha value is -1.91. The van der Waals surface area contributed by atoms with E-state index in [1.165, 1.54) is 12.1 Å². The van der Waals surface area contributed by atoms with Gasteiger partial charge in [-0.3, -0.25) is 0 Å². The van der Waals surface area contributed by atoms with Crippen molar-refractivity contribution in [1.82, 2.24) is 0 Å². The predicted octanol–water partition coefficient (Wildman–Crippen LogP) is 0.885. The first-order valence-electron chi connectivity index (χ1n) is 3.42. The summed E-state index contributed by atoms with van der Waals surface area (Å²) in [5, 5.41) is -0.491. The molecule has 2 aromatic rings. The second-order valence-electron chi connectivity index (χ2n) is 2.40. The zero-order chi connectivity index (χ0) is 9.42. The van der Waals surface area contributed by atoms with Crippen LogP contribution in [0.4, 0.5) is 4.39 Å². The Balaban J connectivity index is 3.19. The second-order valence-corrected chi connectivity index (χ2v) is 2.40. The van der Waals surface area contributed by atoms with Crippen molar-refractivity contribution in [2.45, 2.75) is 0 Å². The van der Waals surface area contributed by atoms with Crippen LogP contribution in [0.2, 0.25) is 0 Å². The summed E-state index contributed by atoms with van der Waals surface area (Å²) in [4.78, 5) is 21.8. The molecule has 0 amide bonds. The Kier molecular flexibility index (Phi) is 1.51. The Morgan fingerprint density at radius 3 is 2.46 bits per heavy atom. The fourth-order valence-electron chi connectivity index (χ4n) is 1.06. The van der Waals surface area contributed by atoms with E-state index in [1.807, 2.05) is 0 Å². The van der Waals surface area contributed by atoms with Gasteiger partial charge in [-0.2, -0.15) is 0 Å². The zero-order valence-corrected chi connectivity index (χ0v) is 6.24.